The molecule has 0 spiro atoms. The van der Waals surface area contributed by atoms with E-state index in [1.54, 1.807) is 13.2 Å². The predicted molar refractivity (Wildman–Crippen MR) is 89.4 cm³/mol. The van der Waals surface area contributed by atoms with E-state index in [0.717, 1.165) is 16.8 Å². The van der Waals surface area contributed by atoms with Gasteiger partial charge in [0.1, 0.15) is 0 Å². The SMILES string of the molecule is COC(CNC(=O)Nc1cccc(C)c1)c1cccc(Cl)c1. The molecule has 2 N–H and O–H groups in total. The van der Waals surface area contributed by atoms with E-state index < -0.39 is 0 Å². The van der Waals surface area contributed by atoms with E-state index in [4.69, 9.17) is 16.3 Å². The van der Waals surface area contributed by atoms with E-state index in [9.17, 15) is 4.79 Å². The minimum atomic E-state index is -0.269. The molecule has 116 valence electrons. The first-order chi connectivity index (χ1) is 10.6. The summed E-state index contributed by atoms with van der Waals surface area (Å²) < 4.78 is 5.41. The van der Waals surface area contributed by atoms with E-state index in [2.05, 4.69) is 10.6 Å². The standard InChI is InChI=1S/C17H19ClN2O2/c1-12-5-3-8-15(9-12)20-17(21)19-11-16(22-2)13-6-4-7-14(18)10-13/h3-10,16H,11H2,1-2H3,(H2,19,20,21). The topological polar surface area (TPSA) is 50.4 Å². The lowest BCUT2D eigenvalue weighted by atomic mass is 10.1. The van der Waals surface area contributed by atoms with Crippen molar-refractivity contribution in [3.05, 3.63) is 64.7 Å². The summed E-state index contributed by atoms with van der Waals surface area (Å²) in [6.45, 7) is 2.33. The summed E-state index contributed by atoms with van der Waals surface area (Å²) in [5, 5.41) is 6.24. The smallest absolute Gasteiger partial charge is 0.319 e. The molecule has 0 saturated carbocycles. The summed E-state index contributed by atoms with van der Waals surface area (Å²) in [5.74, 6) is 0. The van der Waals surface area contributed by atoms with Crippen LogP contribution in [0.25, 0.3) is 0 Å². The van der Waals surface area contributed by atoms with Crippen LogP contribution in [0.1, 0.15) is 17.2 Å². The Morgan fingerprint density at radius 1 is 1.23 bits per heavy atom. The van der Waals surface area contributed by atoms with Gasteiger partial charge in [0.15, 0.2) is 0 Å². The fourth-order valence-electron chi connectivity index (χ4n) is 2.13. The number of ether oxygens (including phenoxy) is 1. The normalized spacial score (nSPS) is 11.8. The van der Waals surface area contributed by atoms with Gasteiger partial charge in [0.05, 0.1) is 6.10 Å². The van der Waals surface area contributed by atoms with Gasteiger partial charge in [-0.2, -0.15) is 0 Å². The van der Waals surface area contributed by atoms with E-state index >= 15 is 0 Å². The molecule has 0 bridgehead atoms. The third-order valence-corrected chi connectivity index (χ3v) is 3.46. The zero-order valence-corrected chi connectivity index (χ0v) is 13.4. The van der Waals surface area contributed by atoms with Gasteiger partial charge in [-0.05, 0) is 42.3 Å². The molecule has 2 aromatic carbocycles. The third-order valence-electron chi connectivity index (χ3n) is 3.23. The highest BCUT2D eigenvalue weighted by molar-refractivity contribution is 6.30. The van der Waals surface area contributed by atoms with Crippen molar-refractivity contribution in [3.63, 3.8) is 0 Å². The van der Waals surface area contributed by atoms with Crippen LogP contribution in [-0.2, 0) is 4.74 Å². The molecule has 1 unspecified atom stereocenters. The fraction of sp³-hybridized carbons (Fsp3) is 0.235. The first kappa shape index (κ1) is 16.3. The largest absolute Gasteiger partial charge is 0.375 e. The number of anilines is 1. The summed E-state index contributed by atoms with van der Waals surface area (Å²) in [6.07, 6.45) is -0.248. The van der Waals surface area contributed by atoms with Crippen molar-refractivity contribution in [2.45, 2.75) is 13.0 Å². The van der Waals surface area contributed by atoms with Crippen LogP contribution in [0.4, 0.5) is 10.5 Å². The van der Waals surface area contributed by atoms with Crippen molar-refractivity contribution in [3.8, 4) is 0 Å². The lowest BCUT2D eigenvalue weighted by Crippen LogP contribution is -2.32. The Kier molecular flexibility index (Phi) is 5.81. The second-order valence-corrected chi connectivity index (χ2v) is 5.42. The van der Waals surface area contributed by atoms with Crippen molar-refractivity contribution >= 4 is 23.3 Å². The van der Waals surface area contributed by atoms with E-state index in [1.165, 1.54) is 0 Å². The molecule has 0 fully saturated rings. The minimum Gasteiger partial charge on any atom is -0.375 e. The van der Waals surface area contributed by atoms with Crippen LogP contribution >= 0.6 is 11.6 Å². The molecule has 22 heavy (non-hydrogen) atoms. The number of urea groups is 1. The molecule has 0 aromatic heterocycles. The quantitative estimate of drug-likeness (QED) is 0.869. The fourth-order valence-corrected chi connectivity index (χ4v) is 2.33. The van der Waals surface area contributed by atoms with Gasteiger partial charge in [-0.25, -0.2) is 4.79 Å². The molecular weight excluding hydrogens is 300 g/mol. The number of carbonyl (C=O) groups is 1. The average molecular weight is 319 g/mol. The van der Waals surface area contributed by atoms with Crippen LogP contribution < -0.4 is 10.6 Å². The van der Waals surface area contributed by atoms with E-state index in [1.807, 2.05) is 49.4 Å². The van der Waals surface area contributed by atoms with Crippen LogP contribution in [-0.4, -0.2) is 19.7 Å². The molecule has 1 atom stereocenters. The molecule has 4 nitrogen and oxygen atoms in total. The second kappa shape index (κ2) is 7.82. The molecule has 0 aliphatic rings. The van der Waals surface area contributed by atoms with Gasteiger partial charge in [0, 0.05) is 24.4 Å². The first-order valence-electron chi connectivity index (χ1n) is 6.98. The Balaban J connectivity index is 1.91. The van der Waals surface area contributed by atoms with Gasteiger partial charge in [0.25, 0.3) is 0 Å². The van der Waals surface area contributed by atoms with Gasteiger partial charge in [-0.1, -0.05) is 35.9 Å². The number of carbonyl (C=O) groups excluding carboxylic acids is 1. The summed E-state index contributed by atoms with van der Waals surface area (Å²) >= 11 is 5.98. The van der Waals surface area contributed by atoms with Gasteiger partial charge < -0.3 is 15.4 Å². The van der Waals surface area contributed by atoms with Crippen LogP contribution in [0.3, 0.4) is 0 Å². The molecule has 2 aromatic rings. The van der Waals surface area contributed by atoms with Crippen LogP contribution in [0.15, 0.2) is 48.5 Å². The van der Waals surface area contributed by atoms with Crippen molar-refractivity contribution in [1.29, 1.82) is 0 Å². The van der Waals surface area contributed by atoms with Gasteiger partial charge in [-0.15, -0.1) is 0 Å². The summed E-state index contributed by atoms with van der Waals surface area (Å²) in [7, 11) is 1.60. The third kappa shape index (κ3) is 4.76. The summed E-state index contributed by atoms with van der Waals surface area (Å²) in [6, 6.07) is 14.8. The Bertz CT molecular complexity index is 646. The molecule has 2 amide bonds. The maximum atomic E-state index is 11.9. The number of halogens is 1. The van der Waals surface area contributed by atoms with Gasteiger partial charge in [-0.3, -0.25) is 0 Å². The molecule has 5 heteroatoms. The number of methoxy groups -OCH3 is 1. The zero-order chi connectivity index (χ0) is 15.9. The molecule has 0 aliphatic carbocycles. The lowest BCUT2D eigenvalue weighted by molar-refractivity contribution is 0.104. The number of aryl methyl sites for hydroxylation is 1. The highest BCUT2D eigenvalue weighted by Gasteiger charge is 2.12. The molecule has 0 radical (unpaired) electrons. The van der Waals surface area contributed by atoms with Crippen LogP contribution in [0.2, 0.25) is 5.02 Å². The number of hydrogen-bond donors (Lipinski definition) is 2. The van der Waals surface area contributed by atoms with Crippen LogP contribution in [0.5, 0.6) is 0 Å². The van der Waals surface area contributed by atoms with Crippen molar-refractivity contribution in [1.82, 2.24) is 5.32 Å². The number of rotatable bonds is 5. The maximum absolute atomic E-state index is 11.9. The van der Waals surface area contributed by atoms with Crippen molar-refractivity contribution < 1.29 is 9.53 Å². The van der Waals surface area contributed by atoms with Crippen molar-refractivity contribution in [2.24, 2.45) is 0 Å². The monoisotopic (exact) mass is 318 g/mol. The zero-order valence-electron chi connectivity index (χ0n) is 12.6. The van der Waals surface area contributed by atoms with Crippen LogP contribution in [0, 0.1) is 6.92 Å². The maximum Gasteiger partial charge on any atom is 0.319 e. The average Bonchev–Trinajstić information content (AvgIpc) is 2.48. The Hall–Kier alpha value is -2.04. The highest BCUT2D eigenvalue weighted by atomic mass is 35.5. The molecule has 0 saturated heterocycles. The number of benzene rings is 2. The minimum absolute atomic E-state index is 0.248. The number of hydrogen-bond acceptors (Lipinski definition) is 2. The van der Waals surface area contributed by atoms with Crippen molar-refractivity contribution in [2.75, 3.05) is 19.0 Å². The van der Waals surface area contributed by atoms with E-state index in [-0.39, 0.29) is 12.1 Å². The Morgan fingerprint density at radius 2 is 2.00 bits per heavy atom. The Morgan fingerprint density at radius 3 is 2.68 bits per heavy atom. The lowest BCUT2D eigenvalue weighted by Gasteiger charge is -2.17. The molecule has 2 rings (SSSR count). The molecule has 0 aliphatic heterocycles. The second-order valence-electron chi connectivity index (χ2n) is 4.98. The first-order valence-corrected chi connectivity index (χ1v) is 7.36. The Labute approximate surface area is 135 Å². The summed E-state index contributed by atoms with van der Waals surface area (Å²) in [4.78, 5) is 11.9. The molecular formula is C17H19ClN2O2. The highest BCUT2D eigenvalue weighted by Crippen LogP contribution is 2.19. The molecule has 0 heterocycles. The van der Waals surface area contributed by atoms with Gasteiger partial charge in [0.2, 0.25) is 0 Å². The summed E-state index contributed by atoms with van der Waals surface area (Å²) in [5.41, 5.74) is 2.77. The number of amides is 2. The predicted octanol–water partition coefficient (Wildman–Crippen LogP) is 4.16. The van der Waals surface area contributed by atoms with E-state index in [0.29, 0.717) is 11.6 Å². The van der Waals surface area contributed by atoms with Gasteiger partial charge >= 0.3 is 6.03 Å². The number of nitrogens with one attached hydrogen (secondary N) is 2.